The predicted molar refractivity (Wildman–Crippen MR) is 124 cm³/mol. The molecule has 0 bridgehead atoms. The fourth-order valence-electron chi connectivity index (χ4n) is 4.27. The van der Waals surface area contributed by atoms with Gasteiger partial charge >= 0.3 is 0 Å². The number of hydrogen-bond acceptors (Lipinski definition) is 8. The Morgan fingerprint density at radius 3 is 2.56 bits per heavy atom. The predicted octanol–water partition coefficient (Wildman–Crippen LogP) is 2.20. The third kappa shape index (κ3) is 3.62. The standard InChI is InChI=1S/C22H23N7O2S/c1-32(30,31)17-8-6-14(7-9-17)12-28-13-16(10-15-4-2-3-5-19(15)28)29-21-18(11-25-29)20(23)26-22(24)27-21/h2-9,11,16H,10,12-13H2,1H3,(H4,23,24,26,27). The highest BCUT2D eigenvalue weighted by molar-refractivity contribution is 7.90. The van der Waals surface area contributed by atoms with Crippen LogP contribution in [-0.4, -0.2) is 41.0 Å². The van der Waals surface area contributed by atoms with Crippen molar-refractivity contribution in [2.75, 3.05) is 29.2 Å². The normalized spacial score (nSPS) is 16.3. The smallest absolute Gasteiger partial charge is 0.224 e. The molecule has 1 atom stereocenters. The average Bonchev–Trinajstić information content (AvgIpc) is 3.17. The molecule has 0 saturated carbocycles. The molecule has 2 aromatic heterocycles. The quantitative estimate of drug-likeness (QED) is 0.484. The Hall–Kier alpha value is -3.66. The zero-order valence-corrected chi connectivity index (χ0v) is 18.3. The molecular weight excluding hydrogens is 426 g/mol. The third-order valence-corrected chi connectivity index (χ3v) is 6.92. The van der Waals surface area contributed by atoms with E-state index in [9.17, 15) is 8.42 Å². The lowest BCUT2D eigenvalue weighted by Gasteiger charge is -2.36. The molecule has 32 heavy (non-hydrogen) atoms. The number of nitrogens with zero attached hydrogens (tertiary/aromatic N) is 5. The van der Waals surface area contributed by atoms with Crippen molar-refractivity contribution >= 4 is 38.3 Å². The number of para-hydroxylation sites is 1. The van der Waals surface area contributed by atoms with Crippen molar-refractivity contribution < 1.29 is 8.42 Å². The molecule has 0 spiro atoms. The number of fused-ring (bicyclic) bond motifs is 2. The number of sulfone groups is 1. The second kappa shape index (κ2) is 7.49. The summed E-state index contributed by atoms with van der Waals surface area (Å²) in [6, 6.07) is 15.3. The molecule has 0 radical (unpaired) electrons. The van der Waals surface area contributed by atoms with Crippen molar-refractivity contribution in [1.82, 2.24) is 19.7 Å². The fraction of sp³-hybridized carbons (Fsp3) is 0.227. The third-order valence-electron chi connectivity index (χ3n) is 5.79. The molecule has 1 aliphatic rings. The first-order valence-corrected chi connectivity index (χ1v) is 12.1. The second-order valence-electron chi connectivity index (χ2n) is 8.08. The molecule has 4 aromatic rings. The van der Waals surface area contributed by atoms with Gasteiger partial charge in [-0.1, -0.05) is 30.3 Å². The minimum atomic E-state index is -3.23. The molecule has 4 N–H and O–H groups in total. The van der Waals surface area contributed by atoms with E-state index in [1.807, 2.05) is 28.9 Å². The molecule has 164 valence electrons. The van der Waals surface area contributed by atoms with Gasteiger partial charge in [0.15, 0.2) is 15.5 Å². The number of nitrogens with two attached hydrogens (primary N) is 2. The highest BCUT2D eigenvalue weighted by Gasteiger charge is 2.28. The zero-order valence-electron chi connectivity index (χ0n) is 17.5. The van der Waals surface area contributed by atoms with Gasteiger partial charge in [-0.15, -0.1) is 0 Å². The first-order chi connectivity index (χ1) is 15.3. The number of aromatic nitrogens is 4. The van der Waals surface area contributed by atoms with Gasteiger partial charge in [-0.05, 0) is 35.7 Å². The van der Waals surface area contributed by atoms with Crippen molar-refractivity contribution in [1.29, 1.82) is 0 Å². The van der Waals surface area contributed by atoms with Gasteiger partial charge in [0.05, 0.1) is 22.5 Å². The molecule has 1 aliphatic heterocycles. The highest BCUT2D eigenvalue weighted by Crippen LogP contribution is 2.34. The van der Waals surface area contributed by atoms with Crippen molar-refractivity contribution in [3.8, 4) is 0 Å². The zero-order chi connectivity index (χ0) is 22.5. The maximum atomic E-state index is 11.8. The Morgan fingerprint density at radius 1 is 1.06 bits per heavy atom. The number of anilines is 3. The molecule has 0 fully saturated rings. The topological polar surface area (TPSA) is 133 Å². The molecule has 9 nitrogen and oxygen atoms in total. The van der Waals surface area contributed by atoms with Gasteiger partial charge in [0.1, 0.15) is 5.82 Å². The minimum absolute atomic E-state index is 0.0198. The van der Waals surface area contributed by atoms with Crippen LogP contribution in [0.2, 0.25) is 0 Å². The average molecular weight is 450 g/mol. The van der Waals surface area contributed by atoms with Crippen LogP contribution in [0.15, 0.2) is 59.6 Å². The minimum Gasteiger partial charge on any atom is -0.383 e. The summed E-state index contributed by atoms with van der Waals surface area (Å²) in [6.45, 7) is 1.33. The lowest BCUT2D eigenvalue weighted by atomic mass is 9.97. The van der Waals surface area contributed by atoms with Crippen LogP contribution in [0.25, 0.3) is 11.0 Å². The van der Waals surface area contributed by atoms with Gasteiger partial charge in [0.2, 0.25) is 5.95 Å². The lowest BCUT2D eigenvalue weighted by Crippen LogP contribution is -2.36. The largest absolute Gasteiger partial charge is 0.383 e. The number of benzene rings is 2. The Kier molecular flexibility index (Phi) is 4.74. The monoisotopic (exact) mass is 449 g/mol. The van der Waals surface area contributed by atoms with Crippen LogP contribution in [0.3, 0.4) is 0 Å². The number of hydrogen-bond donors (Lipinski definition) is 2. The van der Waals surface area contributed by atoms with Crippen LogP contribution in [0.5, 0.6) is 0 Å². The summed E-state index contributed by atoms with van der Waals surface area (Å²) in [7, 11) is -3.23. The first-order valence-electron chi connectivity index (χ1n) is 10.2. The van der Waals surface area contributed by atoms with E-state index in [0.29, 0.717) is 34.8 Å². The molecule has 2 aromatic carbocycles. The number of nitrogen functional groups attached to an aromatic ring is 2. The van der Waals surface area contributed by atoms with Crippen molar-refractivity contribution in [2.24, 2.45) is 0 Å². The SMILES string of the molecule is CS(=O)(=O)c1ccc(CN2CC(n3ncc4c(N)nc(N)nc43)Cc3ccccc32)cc1. The van der Waals surface area contributed by atoms with E-state index in [2.05, 4.69) is 32.1 Å². The summed E-state index contributed by atoms with van der Waals surface area (Å²) in [4.78, 5) is 11.0. The maximum Gasteiger partial charge on any atom is 0.224 e. The summed E-state index contributed by atoms with van der Waals surface area (Å²) in [5.74, 6) is 0.438. The molecule has 0 amide bonds. The van der Waals surface area contributed by atoms with E-state index in [1.165, 1.54) is 11.8 Å². The van der Waals surface area contributed by atoms with Crippen LogP contribution in [0, 0.1) is 0 Å². The van der Waals surface area contributed by atoms with E-state index in [-0.39, 0.29) is 12.0 Å². The van der Waals surface area contributed by atoms with Crippen LogP contribution in [-0.2, 0) is 22.8 Å². The Bertz CT molecular complexity index is 1410. The number of rotatable bonds is 4. The maximum absolute atomic E-state index is 11.8. The van der Waals surface area contributed by atoms with E-state index >= 15 is 0 Å². The van der Waals surface area contributed by atoms with Gasteiger partial charge in [-0.2, -0.15) is 15.1 Å². The van der Waals surface area contributed by atoms with Crippen molar-refractivity contribution in [3.05, 3.63) is 65.9 Å². The Morgan fingerprint density at radius 2 is 1.81 bits per heavy atom. The summed E-state index contributed by atoms with van der Waals surface area (Å²) in [5, 5.41) is 5.24. The van der Waals surface area contributed by atoms with Crippen LogP contribution >= 0.6 is 0 Å². The lowest BCUT2D eigenvalue weighted by molar-refractivity contribution is 0.439. The molecule has 0 aliphatic carbocycles. The van der Waals surface area contributed by atoms with Gasteiger partial charge in [-0.25, -0.2) is 13.1 Å². The van der Waals surface area contributed by atoms with Gasteiger partial charge in [-0.3, -0.25) is 0 Å². The van der Waals surface area contributed by atoms with Crippen molar-refractivity contribution in [2.45, 2.75) is 23.9 Å². The molecular formula is C22H23N7O2S. The van der Waals surface area contributed by atoms with Gasteiger partial charge in [0, 0.05) is 25.0 Å². The molecule has 0 saturated heterocycles. The van der Waals surface area contributed by atoms with Crippen LogP contribution in [0.1, 0.15) is 17.2 Å². The molecule has 1 unspecified atom stereocenters. The summed E-state index contributed by atoms with van der Waals surface area (Å²) in [5.41, 5.74) is 15.8. The summed E-state index contributed by atoms with van der Waals surface area (Å²) in [6.07, 6.45) is 3.68. The molecule has 10 heteroatoms. The van der Waals surface area contributed by atoms with E-state index in [1.54, 1.807) is 18.3 Å². The van der Waals surface area contributed by atoms with E-state index < -0.39 is 9.84 Å². The Balaban J connectivity index is 1.50. The van der Waals surface area contributed by atoms with Gasteiger partial charge in [0.25, 0.3) is 0 Å². The second-order valence-corrected chi connectivity index (χ2v) is 10.1. The first kappa shape index (κ1) is 20.3. The summed E-state index contributed by atoms with van der Waals surface area (Å²) < 4.78 is 25.4. The van der Waals surface area contributed by atoms with Crippen LogP contribution < -0.4 is 16.4 Å². The summed E-state index contributed by atoms with van der Waals surface area (Å²) >= 11 is 0. The molecule has 3 heterocycles. The van der Waals surface area contributed by atoms with E-state index in [4.69, 9.17) is 11.5 Å². The van der Waals surface area contributed by atoms with Crippen molar-refractivity contribution in [3.63, 3.8) is 0 Å². The molecule has 5 rings (SSSR count). The fourth-order valence-corrected chi connectivity index (χ4v) is 4.90. The van der Waals surface area contributed by atoms with Crippen LogP contribution in [0.4, 0.5) is 17.5 Å². The Labute approximate surface area is 185 Å². The van der Waals surface area contributed by atoms with E-state index in [0.717, 1.165) is 17.7 Å². The highest BCUT2D eigenvalue weighted by atomic mass is 32.2. The van der Waals surface area contributed by atoms with Gasteiger partial charge < -0.3 is 16.4 Å².